The Bertz CT molecular complexity index is 170. The minimum atomic E-state index is 0.639. The van der Waals surface area contributed by atoms with Gasteiger partial charge in [0.25, 0.3) is 0 Å². The average Bonchev–Trinajstić information content (AvgIpc) is 2.27. The molecule has 2 atom stereocenters. The van der Waals surface area contributed by atoms with Crippen LogP contribution in [0.4, 0.5) is 0 Å². The second-order valence-corrected chi connectivity index (χ2v) is 5.12. The van der Waals surface area contributed by atoms with E-state index in [0.717, 1.165) is 12.3 Å². The lowest BCUT2D eigenvalue weighted by atomic mass is 9.84. The summed E-state index contributed by atoms with van der Waals surface area (Å²) in [6, 6.07) is 1.34. The van der Waals surface area contributed by atoms with Gasteiger partial charge in [0.2, 0.25) is 0 Å². The van der Waals surface area contributed by atoms with E-state index in [0.29, 0.717) is 12.1 Å². The minimum Gasteiger partial charge on any atom is -0.311 e. The lowest BCUT2D eigenvalue weighted by Crippen LogP contribution is -2.40. The van der Waals surface area contributed by atoms with Gasteiger partial charge in [0.05, 0.1) is 0 Å². The summed E-state index contributed by atoms with van der Waals surface area (Å²) in [5, 5.41) is 3.74. The third-order valence-electron chi connectivity index (χ3n) is 3.71. The van der Waals surface area contributed by atoms with E-state index in [4.69, 9.17) is 0 Å². The van der Waals surface area contributed by atoms with E-state index in [1.165, 1.54) is 38.5 Å². The van der Waals surface area contributed by atoms with E-state index in [9.17, 15) is 0 Å². The highest BCUT2D eigenvalue weighted by molar-refractivity contribution is 4.79. The molecule has 88 valence electrons. The number of rotatable bonds is 6. The van der Waals surface area contributed by atoms with E-state index >= 15 is 0 Å². The molecule has 2 unspecified atom stereocenters. The van der Waals surface area contributed by atoms with Crippen LogP contribution in [0.1, 0.15) is 58.8 Å². The minimum absolute atomic E-state index is 0.639. The van der Waals surface area contributed by atoms with Crippen LogP contribution in [0.3, 0.4) is 0 Å². The van der Waals surface area contributed by atoms with Crippen LogP contribution in [-0.2, 0) is 0 Å². The van der Waals surface area contributed by atoms with Gasteiger partial charge in [-0.05, 0) is 45.4 Å². The molecule has 1 heteroatoms. The van der Waals surface area contributed by atoms with Gasteiger partial charge >= 0.3 is 0 Å². The lowest BCUT2D eigenvalue weighted by molar-refractivity contribution is 0.264. The Morgan fingerprint density at radius 3 is 2.53 bits per heavy atom. The van der Waals surface area contributed by atoms with E-state index in [2.05, 4.69) is 25.7 Å². The van der Waals surface area contributed by atoms with Crippen LogP contribution in [0.25, 0.3) is 0 Å². The fourth-order valence-corrected chi connectivity index (χ4v) is 2.67. The number of allylic oxidation sites excluding steroid dienone is 1. The van der Waals surface area contributed by atoms with Gasteiger partial charge in [0, 0.05) is 12.1 Å². The van der Waals surface area contributed by atoms with Gasteiger partial charge in [0.15, 0.2) is 0 Å². The summed E-state index contributed by atoms with van der Waals surface area (Å²) >= 11 is 0. The van der Waals surface area contributed by atoms with Crippen LogP contribution in [0, 0.1) is 5.92 Å². The van der Waals surface area contributed by atoms with E-state index in [1.54, 1.807) is 0 Å². The summed E-state index contributed by atoms with van der Waals surface area (Å²) in [5.41, 5.74) is 0. The molecule has 1 fully saturated rings. The highest BCUT2D eigenvalue weighted by atomic mass is 14.9. The maximum atomic E-state index is 3.77. The molecule has 0 radical (unpaired) electrons. The molecule has 1 nitrogen and oxygen atoms in total. The highest BCUT2D eigenvalue weighted by Gasteiger charge is 2.20. The predicted octanol–water partition coefficient (Wildman–Crippen LogP) is 3.90. The molecule has 1 saturated carbocycles. The first kappa shape index (κ1) is 12.8. The smallest absolute Gasteiger partial charge is 0.00694 e. The Hall–Kier alpha value is -0.300. The van der Waals surface area contributed by atoms with Gasteiger partial charge < -0.3 is 5.32 Å². The Morgan fingerprint density at radius 2 is 1.93 bits per heavy atom. The Labute approximate surface area is 95.3 Å². The molecule has 0 aromatic carbocycles. The molecule has 0 bridgehead atoms. The largest absolute Gasteiger partial charge is 0.311 e. The van der Waals surface area contributed by atoms with Crippen molar-refractivity contribution in [2.24, 2.45) is 5.92 Å². The van der Waals surface area contributed by atoms with Gasteiger partial charge in [-0.25, -0.2) is 0 Å². The van der Waals surface area contributed by atoms with Crippen molar-refractivity contribution >= 4 is 0 Å². The van der Waals surface area contributed by atoms with Crippen molar-refractivity contribution in [3.05, 3.63) is 12.7 Å². The molecule has 1 aliphatic rings. The monoisotopic (exact) mass is 209 g/mol. The fraction of sp³-hybridized carbons (Fsp3) is 0.857. The molecule has 0 aliphatic heterocycles. The van der Waals surface area contributed by atoms with Gasteiger partial charge in [-0.3, -0.25) is 0 Å². The van der Waals surface area contributed by atoms with E-state index in [-0.39, 0.29) is 0 Å². The highest BCUT2D eigenvalue weighted by Crippen LogP contribution is 2.26. The molecule has 1 N–H and O–H groups in total. The zero-order valence-electron chi connectivity index (χ0n) is 10.5. The van der Waals surface area contributed by atoms with Crippen molar-refractivity contribution in [3.63, 3.8) is 0 Å². The Morgan fingerprint density at radius 1 is 1.27 bits per heavy atom. The second-order valence-electron chi connectivity index (χ2n) is 5.12. The van der Waals surface area contributed by atoms with Crippen molar-refractivity contribution in [1.29, 1.82) is 0 Å². The van der Waals surface area contributed by atoms with Crippen LogP contribution in [0.5, 0.6) is 0 Å². The van der Waals surface area contributed by atoms with E-state index < -0.39 is 0 Å². The van der Waals surface area contributed by atoms with Crippen LogP contribution < -0.4 is 5.32 Å². The molecule has 0 amide bonds. The van der Waals surface area contributed by atoms with Crippen LogP contribution in [0.2, 0.25) is 0 Å². The van der Waals surface area contributed by atoms with Gasteiger partial charge in [-0.15, -0.1) is 6.58 Å². The Balaban J connectivity index is 2.20. The summed E-state index contributed by atoms with van der Waals surface area (Å²) in [6.07, 6.45) is 11.6. The fourth-order valence-electron chi connectivity index (χ4n) is 2.67. The molecular weight excluding hydrogens is 182 g/mol. The molecule has 15 heavy (non-hydrogen) atoms. The van der Waals surface area contributed by atoms with Crippen molar-refractivity contribution < 1.29 is 0 Å². The van der Waals surface area contributed by atoms with Crippen molar-refractivity contribution in [3.8, 4) is 0 Å². The maximum Gasteiger partial charge on any atom is 0.00694 e. The molecule has 0 aromatic rings. The zero-order chi connectivity index (χ0) is 11.1. The molecule has 0 aromatic heterocycles. The summed E-state index contributed by atoms with van der Waals surface area (Å²) in [4.78, 5) is 0. The normalized spacial score (nSPS) is 22.3. The summed E-state index contributed by atoms with van der Waals surface area (Å²) in [6.45, 7) is 8.43. The van der Waals surface area contributed by atoms with Crippen LogP contribution in [0.15, 0.2) is 12.7 Å². The topological polar surface area (TPSA) is 12.0 Å². The first-order valence-corrected chi connectivity index (χ1v) is 6.61. The first-order chi connectivity index (χ1) is 7.24. The third-order valence-corrected chi connectivity index (χ3v) is 3.71. The molecule has 1 rings (SSSR count). The van der Waals surface area contributed by atoms with Crippen LogP contribution >= 0.6 is 0 Å². The standard InChI is InChI=1S/C14H27N/c1-4-5-9-12(2)15-13(3)14-10-7-6-8-11-14/h4,12-15H,1,5-11H2,2-3H3. The molecule has 0 heterocycles. The summed E-state index contributed by atoms with van der Waals surface area (Å²) in [7, 11) is 0. The third kappa shape index (κ3) is 4.83. The SMILES string of the molecule is C=CCCC(C)NC(C)C1CCCCC1. The average molecular weight is 209 g/mol. The van der Waals surface area contributed by atoms with Crippen LogP contribution in [-0.4, -0.2) is 12.1 Å². The van der Waals surface area contributed by atoms with Crippen molar-refractivity contribution in [2.45, 2.75) is 70.9 Å². The first-order valence-electron chi connectivity index (χ1n) is 6.61. The molecular formula is C14H27N. The van der Waals surface area contributed by atoms with E-state index in [1.807, 2.05) is 6.08 Å². The number of nitrogens with one attached hydrogen (secondary N) is 1. The second kappa shape index (κ2) is 7.05. The summed E-state index contributed by atoms with van der Waals surface area (Å²) < 4.78 is 0. The van der Waals surface area contributed by atoms with Gasteiger partial charge in [-0.2, -0.15) is 0 Å². The molecule has 0 spiro atoms. The summed E-state index contributed by atoms with van der Waals surface area (Å²) in [5.74, 6) is 0.921. The number of hydrogen-bond donors (Lipinski definition) is 1. The molecule has 1 aliphatic carbocycles. The molecule has 0 saturated heterocycles. The van der Waals surface area contributed by atoms with Crippen molar-refractivity contribution in [1.82, 2.24) is 5.32 Å². The Kier molecular flexibility index (Phi) is 6.00. The number of hydrogen-bond acceptors (Lipinski definition) is 1. The van der Waals surface area contributed by atoms with Gasteiger partial charge in [0.1, 0.15) is 0 Å². The predicted molar refractivity (Wildman–Crippen MR) is 68.1 cm³/mol. The maximum absolute atomic E-state index is 3.77. The quantitative estimate of drug-likeness (QED) is 0.654. The zero-order valence-corrected chi connectivity index (χ0v) is 10.5. The van der Waals surface area contributed by atoms with Crippen molar-refractivity contribution in [2.75, 3.05) is 0 Å². The lowest BCUT2D eigenvalue weighted by Gasteiger charge is -2.30. The van der Waals surface area contributed by atoms with Gasteiger partial charge in [-0.1, -0.05) is 25.3 Å².